The SMILES string of the molecule is CCn1nc(C)cc1C(=O)Nc1nc2cc(C(N)=O)cnc2n1C/C=C/CNc1c(N)cc(C(N)=O)cc1OCCCN1C2CCC1COC2. The minimum atomic E-state index is -0.636. The van der Waals surface area contributed by atoms with Crippen molar-refractivity contribution in [3.05, 3.63) is 65.1 Å². The molecule has 0 aliphatic carbocycles. The Morgan fingerprint density at radius 1 is 1.06 bits per heavy atom. The highest BCUT2D eigenvalue weighted by Crippen LogP contribution is 2.33. The summed E-state index contributed by atoms with van der Waals surface area (Å²) >= 11 is 0. The van der Waals surface area contributed by atoms with Crippen molar-refractivity contribution in [1.29, 1.82) is 0 Å². The number of imidazole rings is 1. The zero-order chi connectivity index (χ0) is 35.4. The highest BCUT2D eigenvalue weighted by atomic mass is 16.5. The molecule has 2 bridgehead atoms. The van der Waals surface area contributed by atoms with E-state index in [1.807, 2.05) is 26.0 Å². The molecule has 2 aliphatic rings. The summed E-state index contributed by atoms with van der Waals surface area (Å²) in [4.78, 5) is 48.5. The molecule has 2 aliphatic heterocycles. The van der Waals surface area contributed by atoms with E-state index in [0.29, 0.717) is 71.5 Å². The minimum Gasteiger partial charge on any atom is -0.491 e. The van der Waals surface area contributed by atoms with Crippen LogP contribution in [-0.2, 0) is 17.8 Å². The Morgan fingerprint density at radius 3 is 2.54 bits per heavy atom. The van der Waals surface area contributed by atoms with Crippen molar-refractivity contribution >= 4 is 46.2 Å². The highest BCUT2D eigenvalue weighted by Gasteiger charge is 2.36. The Morgan fingerprint density at radius 2 is 1.82 bits per heavy atom. The lowest BCUT2D eigenvalue weighted by Crippen LogP contribution is -2.46. The number of fused-ring (bicyclic) bond motifs is 3. The summed E-state index contributed by atoms with van der Waals surface area (Å²) in [5.41, 5.74) is 20.7. The van der Waals surface area contributed by atoms with E-state index >= 15 is 0 Å². The molecule has 2 atom stereocenters. The molecule has 6 rings (SSSR count). The lowest BCUT2D eigenvalue weighted by Gasteiger charge is -2.34. The van der Waals surface area contributed by atoms with Crippen LogP contribution >= 0.6 is 0 Å². The van der Waals surface area contributed by atoms with Crippen LogP contribution in [0.15, 0.2) is 42.6 Å². The zero-order valence-corrected chi connectivity index (χ0v) is 28.2. The molecule has 8 N–H and O–H groups in total. The number of morpholine rings is 1. The molecule has 2 fully saturated rings. The number of carbonyl (C=O) groups excluding carboxylic acids is 3. The van der Waals surface area contributed by atoms with E-state index in [-0.39, 0.29) is 29.5 Å². The molecule has 4 aromatic rings. The quantitative estimate of drug-likeness (QED) is 0.0693. The predicted octanol–water partition coefficient (Wildman–Crippen LogP) is 2.29. The number of nitrogens with two attached hydrogens (primary N) is 3. The van der Waals surface area contributed by atoms with Crippen molar-refractivity contribution in [1.82, 2.24) is 29.2 Å². The number of ether oxygens (including phenoxy) is 2. The average molecular weight is 686 g/mol. The maximum Gasteiger partial charge on any atom is 0.276 e. The summed E-state index contributed by atoms with van der Waals surface area (Å²) in [6.45, 7) is 7.77. The van der Waals surface area contributed by atoms with Gasteiger partial charge in [-0.15, -0.1) is 0 Å². The number of allylic oxidation sites excluding steroid dienone is 1. The Bertz CT molecular complexity index is 1920. The standard InChI is InChI=1S/C34H43N11O5/c1-3-45-27(13-20(2)42-45)33(48)41-34-40-26-15-22(31(37)47)17-39-32(26)44(34)10-5-4-9-38-29-25(35)14-21(30(36)46)16-28(29)50-12-6-11-43-23-7-8-24(43)19-49-18-23/h4-5,13-17,23-24,38H,3,6-12,18-19,35H2,1-2H3,(H2,36,46)(H2,37,47)(H,40,41,48)/b5-4+. The molecule has 1 aromatic carbocycles. The van der Waals surface area contributed by atoms with Gasteiger partial charge in [0, 0.05) is 50.0 Å². The number of hydrogen-bond acceptors (Lipinski definition) is 11. The lowest BCUT2D eigenvalue weighted by molar-refractivity contribution is -0.0160. The number of aromatic nitrogens is 5. The van der Waals surface area contributed by atoms with E-state index in [1.54, 1.807) is 21.4 Å². The van der Waals surface area contributed by atoms with Gasteiger partial charge in [-0.25, -0.2) is 9.97 Å². The molecule has 2 saturated heterocycles. The van der Waals surface area contributed by atoms with Gasteiger partial charge in [0.05, 0.1) is 36.8 Å². The molecule has 0 spiro atoms. The fourth-order valence-electron chi connectivity index (χ4n) is 6.56. The monoisotopic (exact) mass is 685 g/mol. The molecule has 16 nitrogen and oxygen atoms in total. The third-order valence-electron chi connectivity index (χ3n) is 9.01. The van der Waals surface area contributed by atoms with Gasteiger partial charge in [-0.05, 0) is 57.4 Å². The van der Waals surface area contributed by atoms with Gasteiger partial charge in [0.2, 0.25) is 17.8 Å². The number of amides is 3. The molecule has 3 amide bonds. The lowest BCUT2D eigenvalue weighted by atomic mass is 10.1. The second-order valence-corrected chi connectivity index (χ2v) is 12.4. The largest absolute Gasteiger partial charge is 0.491 e. The van der Waals surface area contributed by atoms with Crippen LogP contribution in [0.1, 0.15) is 63.1 Å². The molecular formula is C34H43N11O5. The van der Waals surface area contributed by atoms with Gasteiger partial charge < -0.3 is 32.0 Å². The number of hydrogen-bond donors (Lipinski definition) is 5. The fourth-order valence-corrected chi connectivity index (χ4v) is 6.56. The van der Waals surface area contributed by atoms with Crippen LogP contribution in [0.5, 0.6) is 5.75 Å². The number of nitrogen functional groups attached to an aromatic ring is 1. The van der Waals surface area contributed by atoms with Gasteiger partial charge in [0.1, 0.15) is 22.6 Å². The van der Waals surface area contributed by atoms with E-state index in [0.717, 1.165) is 39.0 Å². The van der Waals surface area contributed by atoms with Gasteiger partial charge >= 0.3 is 0 Å². The number of primary amides is 2. The number of pyridine rings is 1. The van der Waals surface area contributed by atoms with E-state index in [9.17, 15) is 14.4 Å². The number of carbonyl (C=O) groups is 3. The van der Waals surface area contributed by atoms with Crippen LogP contribution in [0, 0.1) is 6.92 Å². The van der Waals surface area contributed by atoms with E-state index in [2.05, 4.69) is 30.6 Å². The zero-order valence-electron chi connectivity index (χ0n) is 28.2. The van der Waals surface area contributed by atoms with Gasteiger partial charge in [-0.1, -0.05) is 12.2 Å². The van der Waals surface area contributed by atoms with Crippen molar-refractivity contribution in [2.75, 3.05) is 49.3 Å². The topological polar surface area (TPSA) is 224 Å². The smallest absolute Gasteiger partial charge is 0.276 e. The van der Waals surface area contributed by atoms with Crippen LogP contribution in [0.3, 0.4) is 0 Å². The first-order valence-electron chi connectivity index (χ1n) is 16.7. The van der Waals surface area contributed by atoms with Crippen molar-refractivity contribution in [3.8, 4) is 5.75 Å². The first-order valence-corrected chi connectivity index (χ1v) is 16.7. The summed E-state index contributed by atoms with van der Waals surface area (Å²) in [6.07, 6.45) is 8.26. The normalized spacial score (nSPS) is 17.4. The van der Waals surface area contributed by atoms with Gasteiger partial charge in [-0.2, -0.15) is 5.10 Å². The first kappa shape index (κ1) is 34.4. The van der Waals surface area contributed by atoms with E-state index in [1.165, 1.54) is 18.3 Å². The Kier molecular flexibility index (Phi) is 10.3. The van der Waals surface area contributed by atoms with Crippen molar-refractivity contribution in [2.24, 2.45) is 11.5 Å². The van der Waals surface area contributed by atoms with Crippen LogP contribution in [-0.4, -0.2) is 91.9 Å². The van der Waals surface area contributed by atoms with Crippen LogP contribution in [0.25, 0.3) is 11.2 Å². The molecule has 16 heteroatoms. The molecule has 264 valence electrons. The maximum absolute atomic E-state index is 13.3. The van der Waals surface area contributed by atoms with Crippen LogP contribution in [0.2, 0.25) is 0 Å². The number of anilines is 3. The molecule has 0 radical (unpaired) electrons. The second-order valence-electron chi connectivity index (χ2n) is 12.4. The summed E-state index contributed by atoms with van der Waals surface area (Å²) < 4.78 is 15.2. The minimum absolute atomic E-state index is 0.200. The molecule has 50 heavy (non-hydrogen) atoms. The van der Waals surface area contributed by atoms with E-state index < -0.39 is 11.8 Å². The number of nitrogens with one attached hydrogen (secondary N) is 2. The fraction of sp³-hybridized carbons (Fsp3) is 0.412. The summed E-state index contributed by atoms with van der Waals surface area (Å²) in [7, 11) is 0. The van der Waals surface area contributed by atoms with Crippen molar-refractivity contribution in [2.45, 2.75) is 58.3 Å². The third-order valence-corrected chi connectivity index (χ3v) is 9.01. The van der Waals surface area contributed by atoms with Crippen molar-refractivity contribution < 1.29 is 23.9 Å². The summed E-state index contributed by atoms with van der Waals surface area (Å²) in [5.74, 6) is -0.934. The summed E-state index contributed by atoms with van der Waals surface area (Å²) in [5, 5.41) is 10.5. The second kappa shape index (κ2) is 15.0. The summed E-state index contributed by atoms with van der Waals surface area (Å²) in [6, 6.07) is 7.31. The molecule has 2 unspecified atom stereocenters. The predicted molar refractivity (Wildman–Crippen MR) is 188 cm³/mol. The Hall–Kier alpha value is -5.48. The molecule has 3 aromatic heterocycles. The molecular weight excluding hydrogens is 642 g/mol. The van der Waals surface area contributed by atoms with E-state index in [4.69, 9.17) is 26.7 Å². The van der Waals surface area contributed by atoms with Crippen LogP contribution < -0.4 is 32.6 Å². The molecule has 0 saturated carbocycles. The Balaban J connectivity index is 1.14. The van der Waals surface area contributed by atoms with Crippen LogP contribution in [0.4, 0.5) is 17.3 Å². The van der Waals surface area contributed by atoms with Gasteiger partial charge in [0.15, 0.2) is 5.65 Å². The molecule has 5 heterocycles. The highest BCUT2D eigenvalue weighted by molar-refractivity contribution is 6.03. The van der Waals surface area contributed by atoms with Gasteiger partial charge in [-0.3, -0.25) is 33.8 Å². The van der Waals surface area contributed by atoms with Crippen molar-refractivity contribution in [3.63, 3.8) is 0 Å². The first-order chi connectivity index (χ1) is 24.1. The van der Waals surface area contributed by atoms with Gasteiger partial charge in [0.25, 0.3) is 5.91 Å². The maximum atomic E-state index is 13.3. The number of nitrogens with zero attached hydrogens (tertiary/aromatic N) is 6. The average Bonchev–Trinajstić information content (AvgIpc) is 3.71. The Labute approximate surface area is 289 Å². The number of rotatable bonds is 15. The third kappa shape index (κ3) is 7.40. The number of aryl methyl sites for hydroxylation is 2. The number of benzene rings is 1.